The van der Waals surface area contributed by atoms with E-state index >= 15 is 0 Å². The van der Waals surface area contributed by atoms with E-state index in [4.69, 9.17) is 4.74 Å². The third kappa shape index (κ3) is 5.50. The van der Waals surface area contributed by atoms with Crippen molar-refractivity contribution in [3.63, 3.8) is 0 Å². The molecule has 0 fully saturated rings. The van der Waals surface area contributed by atoms with Gasteiger partial charge in [-0.3, -0.25) is 14.6 Å². The van der Waals surface area contributed by atoms with Crippen LogP contribution in [0.15, 0.2) is 18.5 Å². The van der Waals surface area contributed by atoms with E-state index in [-0.39, 0.29) is 6.54 Å². The second-order valence-electron chi connectivity index (χ2n) is 6.99. The molecule has 1 aromatic rings. The molecule has 0 atom stereocenters. The molecule has 8 heteroatoms. The van der Waals surface area contributed by atoms with Gasteiger partial charge in [-0.15, -0.1) is 0 Å². The molecule has 0 saturated heterocycles. The Labute approximate surface area is 138 Å². The minimum atomic E-state index is -4.69. The molecule has 0 aliphatic heterocycles. The molecule has 0 radical (unpaired) electrons. The Morgan fingerprint density at radius 1 is 1.17 bits per heavy atom. The number of alkyl halides is 3. The highest BCUT2D eigenvalue weighted by Gasteiger charge is 2.37. The van der Waals surface area contributed by atoms with Crippen molar-refractivity contribution >= 4 is 11.9 Å². The number of carbonyl (C=O) groups excluding carboxylic acids is 2. The van der Waals surface area contributed by atoms with E-state index < -0.39 is 40.2 Å². The van der Waals surface area contributed by atoms with Crippen molar-refractivity contribution in [2.24, 2.45) is 5.41 Å². The summed E-state index contributed by atoms with van der Waals surface area (Å²) in [6.07, 6.45) is -3.00. The fourth-order valence-electron chi connectivity index (χ4n) is 1.70. The second-order valence-corrected chi connectivity index (χ2v) is 6.99. The first kappa shape index (κ1) is 19.9. The highest BCUT2D eigenvalue weighted by Crippen LogP contribution is 2.31. The number of nitrogens with zero attached hydrogens (tertiary/aromatic N) is 1. The van der Waals surface area contributed by atoms with E-state index in [2.05, 4.69) is 10.3 Å². The van der Waals surface area contributed by atoms with Crippen LogP contribution in [0.4, 0.5) is 13.2 Å². The van der Waals surface area contributed by atoms with Crippen molar-refractivity contribution in [2.45, 2.75) is 46.4 Å². The molecule has 1 amide bonds. The number of hydrogen-bond acceptors (Lipinski definition) is 4. The summed E-state index contributed by atoms with van der Waals surface area (Å²) in [5.74, 6) is -1.48. The van der Waals surface area contributed by atoms with E-state index in [0.29, 0.717) is 6.20 Å². The summed E-state index contributed by atoms with van der Waals surface area (Å²) in [7, 11) is 0. The van der Waals surface area contributed by atoms with Crippen molar-refractivity contribution in [3.05, 3.63) is 29.6 Å². The average Bonchev–Trinajstić information content (AvgIpc) is 2.42. The largest absolute Gasteiger partial charge is 0.460 e. The van der Waals surface area contributed by atoms with Crippen LogP contribution in [0.5, 0.6) is 0 Å². The van der Waals surface area contributed by atoms with Gasteiger partial charge in [-0.1, -0.05) is 0 Å². The topological polar surface area (TPSA) is 68.3 Å². The molecule has 0 aromatic carbocycles. The lowest BCUT2D eigenvalue weighted by atomic mass is 9.93. The van der Waals surface area contributed by atoms with Gasteiger partial charge in [0.05, 0.1) is 16.5 Å². The van der Waals surface area contributed by atoms with Crippen LogP contribution in [-0.4, -0.2) is 29.0 Å². The minimum absolute atomic E-state index is 0.166. The smallest absolute Gasteiger partial charge is 0.418 e. The van der Waals surface area contributed by atoms with Gasteiger partial charge in [0.1, 0.15) is 5.60 Å². The Morgan fingerprint density at radius 2 is 1.75 bits per heavy atom. The number of carbonyl (C=O) groups is 2. The number of aromatic nitrogens is 1. The predicted molar refractivity (Wildman–Crippen MR) is 81.2 cm³/mol. The molecule has 1 heterocycles. The first-order valence-corrected chi connectivity index (χ1v) is 7.27. The van der Waals surface area contributed by atoms with Gasteiger partial charge >= 0.3 is 12.1 Å². The maximum absolute atomic E-state index is 12.9. The van der Waals surface area contributed by atoms with Crippen LogP contribution in [0, 0.1) is 5.41 Å². The first-order chi connectivity index (χ1) is 10.7. The summed E-state index contributed by atoms with van der Waals surface area (Å²) in [5.41, 5.74) is -3.46. The fraction of sp³-hybridized carbons (Fsp3) is 0.562. The fourth-order valence-corrected chi connectivity index (χ4v) is 1.70. The zero-order valence-electron chi connectivity index (χ0n) is 14.2. The third-order valence-electron chi connectivity index (χ3n) is 3.01. The lowest BCUT2D eigenvalue weighted by molar-refractivity contribution is -0.165. The van der Waals surface area contributed by atoms with E-state index in [1.54, 1.807) is 34.6 Å². The minimum Gasteiger partial charge on any atom is -0.460 e. The van der Waals surface area contributed by atoms with Crippen molar-refractivity contribution in [3.8, 4) is 0 Å². The van der Waals surface area contributed by atoms with Gasteiger partial charge in [-0.25, -0.2) is 0 Å². The summed E-state index contributed by atoms with van der Waals surface area (Å²) in [4.78, 5) is 27.6. The van der Waals surface area contributed by atoms with Crippen molar-refractivity contribution < 1.29 is 27.5 Å². The summed E-state index contributed by atoms with van der Waals surface area (Å²) in [6, 6.07) is 0.985. The molecule has 1 rings (SSSR count). The van der Waals surface area contributed by atoms with Crippen LogP contribution >= 0.6 is 0 Å². The molecule has 1 N–H and O–H groups in total. The van der Waals surface area contributed by atoms with Gasteiger partial charge in [0.15, 0.2) is 0 Å². The quantitative estimate of drug-likeness (QED) is 0.850. The number of ether oxygens (including phenoxy) is 1. The van der Waals surface area contributed by atoms with Crippen molar-refractivity contribution in [1.82, 2.24) is 10.3 Å². The Kier molecular flexibility index (Phi) is 5.63. The normalized spacial score (nSPS) is 12.7. The molecule has 24 heavy (non-hydrogen) atoms. The molecule has 1 aromatic heterocycles. The highest BCUT2D eigenvalue weighted by atomic mass is 19.4. The first-order valence-electron chi connectivity index (χ1n) is 7.27. The highest BCUT2D eigenvalue weighted by molar-refractivity contribution is 5.96. The third-order valence-corrected chi connectivity index (χ3v) is 3.01. The monoisotopic (exact) mass is 346 g/mol. The average molecular weight is 346 g/mol. The molecule has 0 saturated carbocycles. The van der Waals surface area contributed by atoms with Crippen LogP contribution in [0.2, 0.25) is 0 Å². The molecule has 0 aliphatic rings. The molecule has 0 spiro atoms. The van der Waals surface area contributed by atoms with Gasteiger partial charge in [0.2, 0.25) is 0 Å². The number of esters is 1. The molecule has 0 aliphatic carbocycles. The standard InChI is InChI=1S/C16H21F3N2O3/c1-14(2,3)24-13(23)15(4,5)9-21-12(22)10-6-7-20-8-11(10)16(17,18)19/h6-8H,9H2,1-5H3,(H,21,22). The van der Waals surface area contributed by atoms with Gasteiger partial charge < -0.3 is 10.1 Å². The maximum atomic E-state index is 12.9. The zero-order chi connectivity index (χ0) is 18.8. The van der Waals surface area contributed by atoms with E-state index in [9.17, 15) is 22.8 Å². The van der Waals surface area contributed by atoms with Crippen LogP contribution in [-0.2, 0) is 15.7 Å². The Morgan fingerprint density at radius 3 is 2.25 bits per heavy atom. The number of amides is 1. The van der Waals surface area contributed by atoms with Crippen LogP contribution in [0.25, 0.3) is 0 Å². The van der Waals surface area contributed by atoms with Crippen molar-refractivity contribution in [2.75, 3.05) is 6.54 Å². The summed E-state index contributed by atoms with van der Waals surface area (Å²) < 4.78 is 43.9. The molecule has 0 unspecified atom stereocenters. The predicted octanol–water partition coefficient (Wildman–Crippen LogP) is 3.20. The van der Waals surface area contributed by atoms with Gasteiger partial charge in [-0.2, -0.15) is 13.2 Å². The van der Waals surface area contributed by atoms with E-state index in [0.717, 1.165) is 12.3 Å². The number of halogens is 3. The van der Waals surface area contributed by atoms with E-state index in [1.807, 2.05) is 0 Å². The van der Waals surface area contributed by atoms with Crippen LogP contribution in [0.3, 0.4) is 0 Å². The molecule has 5 nitrogen and oxygen atoms in total. The Bertz CT molecular complexity index is 620. The number of hydrogen-bond donors (Lipinski definition) is 1. The number of nitrogens with one attached hydrogen (secondary N) is 1. The molecule has 134 valence electrons. The zero-order valence-corrected chi connectivity index (χ0v) is 14.2. The Balaban J connectivity index is 2.85. The lowest BCUT2D eigenvalue weighted by Gasteiger charge is -2.28. The van der Waals surface area contributed by atoms with Crippen molar-refractivity contribution in [1.29, 1.82) is 0 Å². The second kappa shape index (κ2) is 6.78. The number of pyridine rings is 1. The van der Waals surface area contributed by atoms with Gasteiger partial charge in [0, 0.05) is 18.9 Å². The molecular formula is C16H21F3N2O3. The number of rotatable bonds is 4. The molecule has 0 bridgehead atoms. The lowest BCUT2D eigenvalue weighted by Crippen LogP contribution is -2.42. The summed E-state index contributed by atoms with van der Waals surface area (Å²) >= 11 is 0. The SMILES string of the molecule is CC(C)(C)OC(=O)C(C)(C)CNC(=O)c1ccncc1C(F)(F)F. The Hall–Kier alpha value is -2.12. The molecular weight excluding hydrogens is 325 g/mol. The summed E-state index contributed by atoms with van der Waals surface area (Å²) in [6.45, 7) is 8.02. The maximum Gasteiger partial charge on any atom is 0.418 e. The van der Waals surface area contributed by atoms with Gasteiger partial charge in [-0.05, 0) is 40.7 Å². The van der Waals surface area contributed by atoms with Gasteiger partial charge in [0.25, 0.3) is 5.91 Å². The summed E-state index contributed by atoms with van der Waals surface area (Å²) in [5, 5.41) is 2.35. The van der Waals surface area contributed by atoms with Crippen LogP contribution < -0.4 is 5.32 Å². The van der Waals surface area contributed by atoms with E-state index in [1.165, 1.54) is 0 Å². The van der Waals surface area contributed by atoms with Crippen LogP contribution in [0.1, 0.15) is 50.5 Å².